The molecule has 0 spiro atoms. The lowest BCUT2D eigenvalue weighted by molar-refractivity contribution is -0.152. The highest BCUT2D eigenvalue weighted by Crippen LogP contribution is 2.32. The van der Waals surface area contributed by atoms with Crippen molar-refractivity contribution in [3.63, 3.8) is 0 Å². The molecule has 2 saturated heterocycles. The van der Waals surface area contributed by atoms with Gasteiger partial charge in [0.1, 0.15) is 6.10 Å². The van der Waals surface area contributed by atoms with E-state index in [4.69, 9.17) is 9.72 Å². The predicted octanol–water partition coefficient (Wildman–Crippen LogP) is 4.07. The number of esters is 1. The number of aromatic nitrogens is 4. The van der Waals surface area contributed by atoms with E-state index in [1.165, 1.54) is 0 Å². The van der Waals surface area contributed by atoms with Crippen molar-refractivity contribution >= 4 is 22.6 Å². The van der Waals surface area contributed by atoms with Crippen molar-refractivity contribution in [1.29, 1.82) is 0 Å². The van der Waals surface area contributed by atoms with Crippen molar-refractivity contribution in [3.8, 4) is 22.6 Å². The Kier molecular flexibility index (Phi) is 5.89. The molecule has 4 aromatic rings. The highest BCUT2D eigenvalue weighted by molar-refractivity contribution is 5.88. The fraction of sp³-hybridized carbons (Fsp3) is 0.357. The van der Waals surface area contributed by atoms with Crippen LogP contribution in [0.4, 0.5) is 5.69 Å². The van der Waals surface area contributed by atoms with Crippen molar-refractivity contribution in [3.05, 3.63) is 60.7 Å². The second-order valence-electron chi connectivity index (χ2n) is 9.93. The monoisotopic (exact) mass is 482 g/mol. The van der Waals surface area contributed by atoms with Crippen LogP contribution in [0.15, 0.2) is 55.0 Å². The molecule has 2 fully saturated rings. The number of rotatable bonds is 5. The number of benzene rings is 1. The van der Waals surface area contributed by atoms with E-state index in [-0.39, 0.29) is 18.0 Å². The van der Waals surface area contributed by atoms with E-state index in [1.807, 2.05) is 43.5 Å². The number of H-pyrrole nitrogens is 1. The number of anilines is 1. The number of hydrogen-bond acceptors (Lipinski definition) is 7. The van der Waals surface area contributed by atoms with Crippen LogP contribution in [-0.4, -0.2) is 70.1 Å². The molecule has 2 aliphatic rings. The molecule has 5 heterocycles. The minimum Gasteiger partial charge on any atom is -0.461 e. The van der Waals surface area contributed by atoms with Gasteiger partial charge in [-0.05, 0) is 57.1 Å². The third-order valence-electron chi connectivity index (χ3n) is 7.24. The first kappa shape index (κ1) is 22.7. The molecule has 2 atom stereocenters. The quantitative estimate of drug-likeness (QED) is 0.429. The number of likely N-dealkylation sites (N-methyl/N-ethyl adjacent to an activating group) is 1. The average Bonchev–Trinajstić information content (AvgIpc) is 3.64. The Morgan fingerprint density at radius 1 is 1.08 bits per heavy atom. The lowest BCUT2D eigenvalue weighted by Crippen LogP contribution is -2.28. The van der Waals surface area contributed by atoms with Gasteiger partial charge in [-0.1, -0.05) is 12.1 Å². The van der Waals surface area contributed by atoms with E-state index in [0.29, 0.717) is 6.54 Å². The summed E-state index contributed by atoms with van der Waals surface area (Å²) in [5.74, 6) is -0.156. The van der Waals surface area contributed by atoms with E-state index in [9.17, 15) is 4.79 Å². The zero-order valence-electron chi connectivity index (χ0n) is 20.6. The molecule has 6 rings (SSSR count). The molecule has 184 valence electrons. The summed E-state index contributed by atoms with van der Waals surface area (Å²) in [5.41, 5.74) is 6.55. The molecule has 0 unspecified atom stereocenters. The Morgan fingerprint density at radius 2 is 2.00 bits per heavy atom. The fourth-order valence-electron chi connectivity index (χ4n) is 5.27. The lowest BCUT2D eigenvalue weighted by Gasteiger charge is -2.19. The van der Waals surface area contributed by atoms with Gasteiger partial charge in [-0.3, -0.25) is 14.8 Å². The van der Waals surface area contributed by atoms with Crippen LogP contribution in [0.1, 0.15) is 18.5 Å². The van der Waals surface area contributed by atoms with Crippen molar-refractivity contribution in [2.45, 2.75) is 25.9 Å². The summed E-state index contributed by atoms with van der Waals surface area (Å²) in [6.07, 6.45) is 5.37. The van der Waals surface area contributed by atoms with Crippen LogP contribution in [0.3, 0.4) is 0 Å². The number of aromatic amines is 1. The number of carbonyl (C=O) groups is 1. The molecule has 0 amide bonds. The first-order chi connectivity index (χ1) is 17.5. The molecule has 0 aliphatic carbocycles. The van der Waals surface area contributed by atoms with E-state index in [0.717, 1.165) is 77.4 Å². The third kappa shape index (κ3) is 4.44. The van der Waals surface area contributed by atoms with Crippen molar-refractivity contribution in [1.82, 2.24) is 24.8 Å². The second-order valence-corrected chi connectivity index (χ2v) is 9.93. The van der Waals surface area contributed by atoms with Crippen molar-refractivity contribution < 1.29 is 9.53 Å². The van der Waals surface area contributed by atoms with Gasteiger partial charge in [0.05, 0.1) is 46.7 Å². The van der Waals surface area contributed by atoms with Crippen LogP contribution in [0.2, 0.25) is 0 Å². The molecular weight excluding hydrogens is 452 g/mol. The number of imidazole rings is 1. The first-order valence-corrected chi connectivity index (χ1v) is 12.5. The second kappa shape index (κ2) is 9.35. The van der Waals surface area contributed by atoms with Gasteiger partial charge in [-0.2, -0.15) is 0 Å². The van der Waals surface area contributed by atoms with Gasteiger partial charge in [0.15, 0.2) is 0 Å². The van der Waals surface area contributed by atoms with Gasteiger partial charge in [0.25, 0.3) is 0 Å². The maximum Gasteiger partial charge on any atom is 0.311 e. The summed E-state index contributed by atoms with van der Waals surface area (Å²) < 4.78 is 5.79. The lowest BCUT2D eigenvalue weighted by atomic mass is 10.0. The van der Waals surface area contributed by atoms with Crippen molar-refractivity contribution in [2.24, 2.45) is 5.92 Å². The van der Waals surface area contributed by atoms with E-state index in [1.54, 1.807) is 6.33 Å². The summed E-state index contributed by atoms with van der Waals surface area (Å²) >= 11 is 0. The minimum absolute atomic E-state index is 0.0271. The SMILES string of the molecule is Cc1cccc(-c2[nH]cnc2-c2ccc3ncc(N4CC[C@@H](C(=O)O[C@H]5CCN(C)C5)C4)cc3c2)n1. The highest BCUT2D eigenvalue weighted by atomic mass is 16.5. The molecule has 0 bridgehead atoms. The summed E-state index contributed by atoms with van der Waals surface area (Å²) in [6.45, 7) is 5.28. The zero-order valence-corrected chi connectivity index (χ0v) is 20.6. The largest absolute Gasteiger partial charge is 0.461 e. The van der Waals surface area contributed by atoms with Crippen LogP contribution < -0.4 is 4.90 Å². The zero-order chi connectivity index (χ0) is 24.6. The standard InChI is InChI=1S/C28H30N6O2/c1-18-4-3-5-25(32-18)27-26(30-17-31-27)19-6-7-24-21(12-19)13-22(14-29-24)34-11-8-20(15-34)28(35)36-23-9-10-33(2)16-23/h3-7,12-14,17,20,23H,8-11,15-16H2,1-2H3,(H,30,31)/t20-,23+/m1/s1. The van der Waals surface area contributed by atoms with E-state index in [2.05, 4.69) is 43.9 Å². The maximum atomic E-state index is 12.7. The molecule has 36 heavy (non-hydrogen) atoms. The van der Waals surface area contributed by atoms with E-state index >= 15 is 0 Å². The van der Waals surface area contributed by atoms with Crippen LogP contribution in [0.25, 0.3) is 33.5 Å². The Hall–Kier alpha value is -3.78. The van der Waals surface area contributed by atoms with Crippen LogP contribution in [0.5, 0.6) is 0 Å². The number of aryl methyl sites for hydroxylation is 1. The number of likely N-dealkylation sites (tertiary alicyclic amines) is 1. The Balaban J connectivity index is 1.22. The number of carbonyl (C=O) groups excluding carboxylic acids is 1. The molecule has 1 aromatic carbocycles. The maximum absolute atomic E-state index is 12.7. The van der Waals surface area contributed by atoms with Gasteiger partial charge < -0.3 is 19.5 Å². The molecule has 0 saturated carbocycles. The van der Waals surface area contributed by atoms with Crippen LogP contribution in [-0.2, 0) is 9.53 Å². The number of ether oxygens (including phenoxy) is 1. The van der Waals surface area contributed by atoms with Gasteiger partial charge in [0, 0.05) is 42.8 Å². The third-order valence-corrected chi connectivity index (χ3v) is 7.24. The minimum atomic E-state index is -0.0913. The number of hydrogen-bond donors (Lipinski definition) is 1. The van der Waals surface area contributed by atoms with Gasteiger partial charge >= 0.3 is 5.97 Å². The fourth-order valence-corrected chi connectivity index (χ4v) is 5.27. The van der Waals surface area contributed by atoms with Gasteiger partial charge in [-0.25, -0.2) is 4.98 Å². The highest BCUT2D eigenvalue weighted by Gasteiger charge is 2.33. The summed E-state index contributed by atoms with van der Waals surface area (Å²) in [7, 11) is 2.07. The molecule has 2 aliphatic heterocycles. The summed E-state index contributed by atoms with van der Waals surface area (Å²) in [5, 5.41) is 1.04. The molecule has 8 nitrogen and oxygen atoms in total. The van der Waals surface area contributed by atoms with Crippen LogP contribution >= 0.6 is 0 Å². The Morgan fingerprint density at radius 3 is 2.83 bits per heavy atom. The van der Waals surface area contributed by atoms with Gasteiger partial charge in [-0.15, -0.1) is 0 Å². The first-order valence-electron chi connectivity index (χ1n) is 12.5. The van der Waals surface area contributed by atoms with Gasteiger partial charge in [0.2, 0.25) is 0 Å². The van der Waals surface area contributed by atoms with E-state index < -0.39 is 0 Å². The molecular formula is C28H30N6O2. The van der Waals surface area contributed by atoms with Crippen LogP contribution in [0, 0.1) is 12.8 Å². The number of nitrogens with zero attached hydrogens (tertiary/aromatic N) is 5. The smallest absolute Gasteiger partial charge is 0.311 e. The Labute approximate surface area is 210 Å². The number of nitrogens with one attached hydrogen (secondary N) is 1. The summed E-state index contributed by atoms with van der Waals surface area (Å²) in [4.78, 5) is 34.4. The Bertz CT molecular complexity index is 1420. The number of fused-ring (bicyclic) bond motifs is 1. The molecule has 0 radical (unpaired) electrons. The predicted molar refractivity (Wildman–Crippen MR) is 140 cm³/mol. The van der Waals surface area contributed by atoms with Crippen molar-refractivity contribution in [2.75, 3.05) is 38.1 Å². The normalized spacial score (nSPS) is 20.3. The summed E-state index contributed by atoms with van der Waals surface area (Å²) in [6, 6.07) is 14.3. The molecule has 8 heteroatoms. The average molecular weight is 483 g/mol. The molecule has 3 aromatic heterocycles. The number of pyridine rings is 2. The topological polar surface area (TPSA) is 87.2 Å². The molecule has 1 N–H and O–H groups in total.